The average molecular weight is 340 g/mol. The molecule has 2 aromatic rings. The fourth-order valence-electron chi connectivity index (χ4n) is 3.04. The van der Waals surface area contributed by atoms with Crippen molar-refractivity contribution in [1.82, 2.24) is 14.9 Å². The summed E-state index contributed by atoms with van der Waals surface area (Å²) in [5.74, 6) is 1.67. The third-order valence-electron chi connectivity index (χ3n) is 4.62. The Morgan fingerprint density at radius 3 is 2.32 bits per heavy atom. The quantitative estimate of drug-likeness (QED) is 0.903. The van der Waals surface area contributed by atoms with E-state index in [0.29, 0.717) is 5.95 Å². The van der Waals surface area contributed by atoms with Crippen LogP contribution in [-0.2, 0) is 0 Å². The molecule has 2 heterocycles. The number of benzene rings is 1. The van der Waals surface area contributed by atoms with E-state index in [-0.39, 0.29) is 0 Å². The van der Waals surface area contributed by atoms with Gasteiger partial charge in [0.15, 0.2) is 0 Å². The Kier molecular flexibility index (Phi) is 5.38. The fraction of sp³-hybridized carbons (Fsp3) is 0.474. The summed E-state index contributed by atoms with van der Waals surface area (Å²) in [5, 5.41) is 3.33. The van der Waals surface area contributed by atoms with Crippen molar-refractivity contribution in [2.24, 2.45) is 0 Å². The van der Waals surface area contributed by atoms with Gasteiger partial charge in [-0.2, -0.15) is 4.98 Å². The monoisotopic (exact) mass is 340 g/mol. The van der Waals surface area contributed by atoms with Crippen molar-refractivity contribution in [3.63, 3.8) is 0 Å². The van der Waals surface area contributed by atoms with Gasteiger partial charge < -0.3 is 20.0 Å². The van der Waals surface area contributed by atoms with E-state index in [4.69, 9.17) is 4.98 Å². The van der Waals surface area contributed by atoms with Crippen molar-refractivity contribution in [2.75, 3.05) is 61.9 Å². The molecular formula is C19H28N6. The number of rotatable bonds is 5. The molecule has 1 fully saturated rings. The molecule has 1 aliphatic rings. The van der Waals surface area contributed by atoms with Gasteiger partial charge in [-0.15, -0.1) is 0 Å². The van der Waals surface area contributed by atoms with E-state index in [1.165, 1.54) is 5.69 Å². The predicted octanol–water partition coefficient (Wildman–Crippen LogP) is 2.74. The van der Waals surface area contributed by atoms with Gasteiger partial charge in [0.2, 0.25) is 5.95 Å². The van der Waals surface area contributed by atoms with Crippen LogP contribution in [0.2, 0.25) is 0 Å². The third-order valence-corrected chi connectivity index (χ3v) is 4.62. The zero-order valence-corrected chi connectivity index (χ0v) is 15.7. The Morgan fingerprint density at radius 1 is 1.04 bits per heavy atom. The van der Waals surface area contributed by atoms with Crippen LogP contribution in [-0.4, -0.2) is 61.7 Å². The van der Waals surface area contributed by atoms with Crippen molar-refractivity contribution in [2.45, 2.75) is 13.8 Å². The van der Waals surface area contributed by atoms with Gasteiger partial charge in [0.1, 0.15) is 5.82 Å². The maximum absolute atomic E-state index is 4.74. The van der Waals surface area contributed by atoms with E-state index in [2.05, 4.69) is 62.3 Å². The van der Waals surface area contributed by atoms with Gasteiger partial charge in [0.25, 0.3) is 0 Å². The molecule has 0 spiro atoms. The van der Waals surface area contributed by atoms with Crippen LogP contribution in [0.3, 0.4) is 0 Å². The first-order valence-electron chi connectivity index (χ1n) is 8.92. The Hall–Kier alpha value is -2.34. The first-order chi connectivity index (χ1) is 12.0. The molecule has 1 N–H and O–H groups in total. The summed E-state index contributed by atoms with van der Waals surface area (Å²) in [7, 11) is 4.08. The van der Waals surface area contributed by atoms with E-state index in [1.54, 1.807) is 0 Å². The second-order valence-corrected chi connectivity index (χ2v) is 6.68. The van der Waals surface area contributed by atoms with Gasteiger partial charge in [-0.25, -0.2) is 4.98 Å². The number of hydrogen-bond acceptors (Lipinski definition) is 6. The molecular weight excluding hydrogens is 312 g/mol. The van der Waals surface area contributed by atoms with Gasteiger partial charge >= 0.3 is 0 Å². The largest absolute Gasteiger partial charge is 0.378 e. The summed E-state index contributed by atoms with van der Waals surface area (Å²) in [6.45, 7) is 9.57. The van der Waals surface area contributed by atoms with Crippen molar-refractivity contribution >= 4 is 23.1 Å². The molecule has 1 aliphatic heterocycles. The molecule has 25 heavy (non-hydrogen) atoms. The molecule has 0 unspecified atom stereocenters. The van der Waals surface area contributed by atoms with Crippen LogP contribution in [0.25, 0.3) is 0 Å². The predicted molar refractivity (Wildman–Crippen MR) is 105 cm³/mol. The number of aryl methyl sites for hydroxylation is 1. The second-order valence-electron chi connectivity index (χ2n) is 6.68. The van der Waals surface area contributed by atoms with Crippen molar-refractivity contribution < 1.29 is 0 Å². The zero-order valence-electron chi connectivity index (χ0n) is 15.7. The minimum absolute atomic E-state index is 0.658. The molecule has 0 aliphatic carbocycles. The van der Waals surface area contributed by atoms with Crippen LogP contribution in [0.1, 0.15) is 12.6 Å². The van der Waals surface area contributed by atoms with Crippen LogP contribution >= 0.6 is 0 Å². The zero-order chi connectivity index (χ0) is 17.8. The molecule has 6 heteroatoms. The van der Waals surface area contributed by atoms with Crippen molar-refractivity contribution in [3.05, 3.63) is 36.0 Å². The lowest BCUT2D eigenvalue weighted by atomic mass is 10.2. The van der Waals surface area contributed by atoms with Gasteiger partial charge in [-0.3, -0.25) is 0 Å². The number of nitrogens with zero attached hydrogens (tertiary/aromatic N) is 5. The van der Waals surface area contributed by atoms with Gasteiger partial charge in [-0.1, -0.05) is 6.92 Å². The van der Waals surface area contributed by atoms with E-state index in [0.717, 1.165) is 49.9 Å². The highest BCUT2D eigenvalue weighted by atomic mass is 15.3. The van der Waals surface area contributed by atoms with E-state index >= 15 is 0 Å². The standard InChI is InChI=1S/C19H28N6/c1-5-24-10-12-25(13-11-24)18-14-15(2)20-19(22-18)21-16-6-8-17(9-7-16)23(3)4/h6-9,14H,5,10-13H2,1-4H3,(H,20,21,22). The Morgan fingerprint density at radius 2 is 1.72 bits per heavy atom. The van der Waals surface area contributed by atoms with Crippen LogP contribution in [0, 0.1) is 6.92 Å². The minimum atomic E-state index is 0.658. The highest BCUT2D eigenvalue weighted by Crippen LogP contribution is 2.21. The van der Waals surface area contributed by atoms with E-state index < -0.39 is 0 Å². The number of hydrogen-bond donors (Lipinski definition) is 1. The normalized spacial score (nSPS) is 15.3. The number of piperazine rings is 1. The molecule has 0 saturated carbocycles. The molecule has 0 radical (unpaired) electrons. The molecule has 3 rings (SSSR count). The minimum Gasteiger partial charge on any atom is -0.378 e. The van der Waals surface area contributed by atoms with Crippen LogP contribution in [0.5, 0.6) is 0 Å². The smallest absolute Gasteiger partial charge is 0.229 e. The number of anilines is 4. The van der Waals surface area contributed by atoms with Crippen molar-refractivity contribution in [1.29, 1.82) is 0 Å². The number of likely N-dealkylation sites (N-methyl/N-ethyl adjacent to an activating group) is 1. The second kappa shape index (κ2) is 7.70. The van der Waals surface area contributed by atoms with Gasteiger partial charge in [-0.05, 0) is 37.7 Å². The molecule has 6 nitrogen and oxygen atoms in total. The lowest BCUT2D eigenvalue weighted by molar-refractivity contribution is 0.270. The van der Waals surface area contributed by atoms with Gasteiger partial charge in [0, 0.05) is 63.4 Å². The van der Waals surface area contributed by atoms with Crippen LogP contribution in [0.4, 0.5) is 23.1 Å². The molecule has 1 aromatic heterocycles. The summed E-state index contributed by atoms with van der Waals surface area (Å²) in [4.78, 5) is 16.2. The topological polar surface area (TPSA) is 47.5 Å². The lowest BCUT2D eigenvalue weighted by Gasteiger charge is -2.34. The highest BCUT2D eigenvalue weighted by Gasteiger charge is 2.17. The fourth-order valence-corrected chi connectivity index (χ4v) is 3.04. The molecule has 0 amide bonds. The van der Waals surface area contributed by atoms with Gasteiger partial charge in [0.05, 0.1) is 0 Å². The highest BCUT2D eigenvalue weighted by molar-refractivity contribution is 5.60. The summed E-state index contributed by atoms with van der Waals surface area (Å²) < 4.78 is 0. The maximum Gasteiger partial charge on any atom is 0.229 e. The first-order valence-corrected chi connectivity index (χ1v) is 8.92. The Balaban J connectivity index is 1.73. The average Bonchev–Trinajstić information content (AvgIpc) is 2.62. The molecule has 0 bridgehead atoms. The number of nitrogens with one attached hydrogen (secondary N) is 1. The summed E-state index contributed by atoms with van der Waals surface area (Å²) in [6, 6.07) is 10.4. The molecule has 134 valence electrons. The lowest BCUT2D eigenvalue weighted by Crippen LogP contribution is -2.46. The Bertz CT molecular complexity index is 690. The van der Waals surface area contributed by atoms with E-state index in [9.17, 15) is 0 Å². The summed E-state index contributed by atoms with van der Waals surface area (Å²) in [5.41, 5.74) is 3.15. The Labute approximate surface area is 150 Å². The summed E-state index contributed by atoms with van der Waals surface area (Å²) >= 11 is 0. The maximum atomic E-state index is 4.74. The third kappa shape index (κ3) is 4.39. The first kappa shape index (κ1) is 17.5. The number of aromatic nitrogens is 2. The van der Waals surface area contributed by atoms with Crippen molar-refractivity contribution in [3.8, 4) is 0 Å². The molecule has 1 saturated heterocycles. The van der Waals surface area contributed by atoms with Crippen LogP contribution in [0.15, 0.2) is 30.3 Å². The molecule has 1 aromatic carbocycles. The molecule has 0 atom stereocenters. The summed E-state index contributed by atoms with van der Waals surface area (Å²) in [6.07, 6.45) is 0. The van der Waals surface area contributed by atoms with Crippen LogP contribution < -0.4 is 15.1 Å². The SMILES string of the molecule is CCN1CCN(c2cc(C)nc(Nc3ccc(N(C)C)cc3)n2)CC1. The van der Waals surface area contributed by atoms with E-state index in [1.807, 2.05) is 21.0 Å².